The zero-order valence-corrected chi connectivity index (χ0v) is 32.1. The minimum atomic E-state index is -3.23. The van der Waals surface area contributed by atoms with Crippen LogP contribution < -0.4 is 0 Å². The van der Waals surface area contributed by atoms with Crippen molar-refractivity contribution in [3.63, 3.8) is 0 Å². The Morgan fingerprint density at radius 1 is 0.846 bits per heavy atom. The van der Waals surface area contributed by atoms with E-state index in [1.54, 1.807) is 12.1 Å². The van der Waals surface area contributed by atoms with Gasteiger partial charge in [0.1, 0.15) is 43.2 Å². The molecule has 3 fully saturated rings. The van der Waals surface area contributed by atoms with Gasteiger partial charge in [-0.25, -0.2) is 0 Å². The zero-order valence-electron chi connectivity index (χ0n) is 31.1. The first-order chi connectivity index (χ1) is 24.2. The number of methoxy groups -OCH3 is 1. The molecule has 1 aromatic rings. The van der Waals surface area contributed by atoms with Crippen LogP contribution in [0.5, 0.6) is 0 Å². The first kappa shape index (κ1) is 39.9. The second-order valence-electron chi connectivity index (χ2n) is 15.4. The van der Waals surface area contributed by atoms with Crippen LogP contribution in [-0.4, -0.2) is 130 Å². The number of amides is 2. The maximum Gasteiger partial charge on any atom is 0.349 e. The van der Waals surface area contributed by atoms with Crippen molar-refractivity contribution in [2.24, 2.45) is 0 Å². The molecule has 17 heteroatoms. The molecule has 1 N–H and O–H groups in total. The van der Waals surface area contributed by atoms with E-state index < -0.39 is 116 Å². The number of rotatable bonds is 8. The lowest BCUT2D eigenvalue weighted by molar-refractivity contribution is -0.353. The lowest BCUT2D eigenvalue weighted by atomic mass is 9.93. The standard InChI is InChI=1S/C35H49NO15Si/c1-17(37)44-15-22-26(46-18(2)38)28(47-19(3)39)24(36-30(41)20-13-11-12-14-21(20)31(36)42)32(48-22)50-29-25(40)33(43-10)49-23-16-45-52(34(4,5)6,35(7,8)9)51-27(23)29/h11-14,22-29,32-33,40H,15-16H2,1-10H3/t22-,23-,24-,25-,26-,27+,28-,29-,32+,33-/m1/s1. The van der Waals surface area contributed by atoms with Crippen molar-refractivity contribution in [3.8, 4) is 0 Å². The predicted octanol–water partition coefficient (Wildman–Crippen LogP) is 2.38. The Kier molecular flexibility index (Phi) is 11.4. The van der Waals surface area contributed by atoms with Gasteiger partial charge in [-0.15, -0.1) is 0 Å². The van der Waals surface area contributed by atoms with Gasteiger partial charge in [0.05, 0.1) is 17.7 Å². The number of hydrogen-bond acceptors (Lipinski definition) is 15. The summed E-state index contributed by atoms with van der Waals surface area (Å²) in [6.07, 6.45) is -12.0. The van der Waals surface area contributed by atoms with Gasteiger partial charge < -0.3 is 47.1 Å². The van der Waals surface area contributed by atoms with Crippen LogP contribution in [0.25, 0.3) is 0 Å². The summed E-state index contributed by atoms with van der Waals surface area (Å²) in [6, 6.07) is 4.52. The minimum Gasteiger partial charge on any atom is -0.463 e. The van der Waals surface area contributed by atoms with Gasteiger partial charge in [0.2, 0.25) is 0 Å². The normalized spacial score (nSPS) is 33.2. The highest BCUT2D eigenvalue weighted by Gasteiger charge is 2.66. The number of nitrogens with zero attached hydrogens (tertiary/aromatic N) is 1. The largest absolute Gasteiger partial charge is 0.463 e. The highest BCUT2D eigenvalue weighted by molar-refractivity contribution is 6.73. The fourth-order valence-electron chi connectivity index (χ4n) is 7.76. The molecule has 1 aromatic carbocycles. The van der Waals surface area contributed by atoms with Crippen LogP contribution >= 0.6 is 0 Å². The average molecular weight is 752 g/mol. The molecular formula is C35H49NO15Si. The van der Waals surface area contributed by atoms with Crippen molar-refractivity contribution in [2.45, 2.75) is 134 Å². The minimum absolute atomic E-state index is 0.0726. The Bertz CT molecular complexity index is 1510. The summed E-state index contributed by atoms with van der Waals surface area (Å²) in [5.74, 6) is -3.86. The lowest BCUT2D eigenvalue weighted by Gasteiger charge is -2.58. The molecule has 0 saturated carbocycles. The zero-order chi connectivity index (χ0) is 38.5. The van der Waals surface area contributed by atoms with E-state index in [9.17, 15) is 29.1 Å². The first-order valence-electron chi connectivity index (χ1n) is 17.2. The van der Waals surface area contributed by atoms with Crippen molar-refractivity contribution >= 4 is 38.3 Å². The molecule has 0 aromatic heterocycles. The number of imide groups is 1. The second kappa shape index (κ2) is 14.9. The van der Waals surface area contributed by atoms with Crippen molar-refractivity contribution in [1.29, 1.82) is 0 Å². The molecule has 0 bridgehead atoms. The van der Waals surface area contributed by atoms with E-state index >= 15 is 0 Å². The van der Waals surface area contributed by atoms with Crippen LogP contribution in [0.2, 0.25) is 10.1 Å². The number of fused-ring (bicyclic) bond motifs is 2. The van der Waals surface area contributed by atoms with E-state index in [-0.39, 0.29) is 17.7 Å². The number of aliphatic hydroxyl groups excluding tert-OH is 1. The van der Waals surface area contributed by atoms with Crippen LogP contribution in [0.15, 0.2) is 24.3 Å². The summed E-state index contributed by atoms with van der Waals surface area (Å²) >= 11 is 0. The van der Waals surface area contributed by atoms with Crippen molar-refractivity contribution < 1.29 is 71.1 Å². The smallest absolute Gasteiger partial charge is 0.349 e. The van der Waals surface area contributed by atoms with Crippen LogP contribution in [-0.2, 0) is 56.4 Å². The van der Waals surface area contributed by atoms with Gasteiger partial charge in [-0.2, -0.15) is 0 Å². The van der Waals surface area contributed by atoms with E-state index in [1.807, 2.05) is 41.5 Å². The van der Waals surface area contributed by atoms with E-state index in [2.05, 4.69) is 0 Å². The molecule has 10 atom stereocenters. The number of aliphatic hydroxyl groups is 1. The number of esters is 3. The van der Waals surface area contributed by atoms with E-state index in [4.69, 9.17) is 42.0 Å². The van der Waals surface area contributed by atoms with Gasteiger partial charge >= 0.3 is 26.5 Å². The van der Waals surface area contributed by atoms with Crippen molar-refractivity contribution in [3.05, 3.63) is 35.4 Å². The quantitative estimate of drug-likeness (QED) is 0.176. The third-order valence-electron chi connectivity index (χ3n) is 9.66. The highest BCUT2D eigenvalue weighted by atomic mass is 28.4. The number of carbonyl (C=O) groups is 5. The summed E-state index contributed by atoms with van der Waals surface area (Å²) in [6.45, 7) is 15.0. The van der Waals surface area contributed by atoms with Crippen LogP contribution in [0.3, 0.4) is 0 Å². The molecule has 4 aliphatic heterocycles. The third kappa shape index (κ3) is 7.29. The highest BCUT2D eigenvalue weighted by Crippen LogP contribution is 2.55. The average Bonchev–Trinajstić information content (AvgIpc) is 3.29. The molecule has 16 nitrogen and oxygen atoms in total. The van der Waals surface area contributed by atoms with Gasteiger partial charge in [0.15, 0.2) is 24.8 Å². The molecule has 5 rings (SSSR count). The Hall–Kier alpha value is -3.29. The predicted molar refractivity (Wildman–Crippen MR) is 180 cm³/mol. The first-order valence-corrected chi connectivity index (χ1v) is 19.0. The van der Waals surface area contributed by atoms with E-state index in [0.29, 0.717) is 0 Å². The molecule has 0 unspecified atom stereocenters. The molecule has 3 saturated heterocycles. The maximum atomic E-state index is 14.0. The van der Waals surface area contributed by atoms with Crippen LogP contribution in [0, 0.1) is 0 Å². The number of carbonyl (C=O) groups excluding carboxylic acids is 5. The van der Waals surface area contributed by atoms with Crippen molar-refractivity contribution in [2.75, 3.05) is 20.3 Å². The fraction of sp³-hybridized carbons (Fsp3) is 0.686. The Balaban J connectivity index is 1.65. The molecule has 52 heavy (non-hydrogen) atoms. The summed E-state index contributed by atoms with van der Waals surface area (Å²) in [5.41, 5.74) is 0.145. The van der Waals surface area contributed by atoms with Gasteiger partial charge in [0.25, 0.3) is 11.8 Å². The molecule has 288 valence electrons. The number of benzene rings is 1. The maximum absolute atomic E-state index is 14.0. The summed E-state index contributed by atoms with van der Waals surface area (Å²) in [5, 5.41) is 10.8. The molecule has 0 aliphatic carbocycles. The summed E-state index contributed by atoms with van der Waals surface area (Å²) in [7, 11) is -1.89. The van der Waals surface area contributed by atoms with Crippen molar-refractivity contribution in [1.82, 2.24) is 4.90 Å². The Morgan fingerprint density at radius 3 is 1.90 bits per heavy atom. The van der Waals surface area contributed by atoms with Gasteiger partial charge in [-0.1, -0.05) is 53.7 Å². The fourth-order valence-corrected chi connectivity index (χ4v) is 12.7. The second-order valence-corrected chi connectivity index (χ2v) is 20.1. The topological polar surface area (TPSA) is 192 Å². The van der Waals surface area contributed by atoms with Gasteiger partial charge in [-0.05, 0) is 12.1 Å². The molecule has 4 aliphatic rings. The lowest BCUT2D eigenvalue weighted by Crippen LogP contribution is -2.73. The Labute approximate surface area is 303 Å². The molecule has 2 amide bonds. The SMILES string of the molecule is CO[C@@H]1O[C@@H]2CO[Si](C(C)(C)C)(C(C)(C)C)O[C@@H]2[C@H](O[C@@H]2O[C@H](COC(C)=O)[C@@H](OC(C)=O)[C@H](OC(C)=O)[C@H]2N2C(=O)c3ccccc3C2=O)[C@H]1O. The summed E-state index contributed by atoms with van der Waals surface area (Å²) in [4.78, 5) is 66.1. The van der Waals surface area contributed by atoms with Gasteiger partial charge in [-0.3, -0.25) is 28.9 Å². The third-order valence-corrected chi connectivity index (χ3v) is 14.8. The number of ether oxygens (including phenoxy) is 7. The van der Waals surface area contributed by atoms with Gasteiger partial charge in [0, 0.05) is 38.0 Å². The molecular weight excluding hydrogens is 702 g/mol. The molecule has 0 radical (unpaired) electrons. The van der Waals surface area contributed by atoms with E-state index in [0.717, 1.165) is 25.7 Å². The molecule has 4 heterocycles. The molecule has 0 spiro atoms. The van der Waals surface area contributed by atoms with E-state index in [1.165, 1.54) is 19.2 Å². The van der Waals surface area contributed by atoms with Crippen LogP contribution in [0.1, 0.15) is 83.0 Å². The number of hydrogen-bond donors (Lipinski definition) is 1. The van der Waals surface area contributed by atoms with Crippen LogP contribution in [0.4, 0.5) is 0 Å². The Morgan fingerprint density at radius 2 is 1.40 bits per heavy atom. The monoisotopic (exact) mass is 751 g/mol. The summed E-state index contributed by atoms with van der Waals surface area (Å²) < 4.78 is 54.8.